The van der Waals surface area contributed by atoms with Gasteiger partial charge in [0.1, 0.15) is 0 Å². The van der Waals surface area contributed by atoms with Crippen molar-refractivity contribution < 1.29 is 4.79 Å². The lowest BCUT2D eigenvalue weighted by Crippen LogP contribution is -2.15. The molecule has 0 unspecified atom stereocenters. The number of fused-ring (bicyclic) bond motifs is 1. The van der Waals surface area contributed by atoms with Crippen molar-refractivity contribution in [2.45, 2.75) is 38.9 Å². The van der Waals surface area contributed by atoms with E-state index in [0.29, 0.717) is 0 Å². The van der Waals surface area contributed by atoms with E-state index in [1.807, 2.05) is 42.5 Å². The molecule has 0 aliphatic carbocycles. The predicted octanol–water partition coefficient (Wildman–Crippen LogP) is 6.09. The monoisotopic (exact) mass is 436 g/mol. The zero-order chi connectivity index (χ0) is 21.3. The van der Waals surface area contributed by atoms with Crippen molar-refractivity contribution in [3.8, 4) is 11.4 Å². The van der Waals surface area contributed by atoms with Crippen LogP contribution in [-0.2, 0) is 4.79 Å². The molecule has 5 nitrogen and oxygen atoms in total. The van der Waals surface area contributed by atoms with Crippen LogP contribution >= 0.6 is 23.1 Å². The summed E-state index contributed by atoms with van der Waals surface area (Å²) in [7, 11) is 0. The van der Waals surface area contributed by atoms with E-state index in [-0.39, 0.29) is 17.7 Å². The highest BCUT2D eigenvalue weighted by Gasteiger charge is 2.20. The van der Waals surface area contributed by atoms with Crippen LogP contribution in [0.15, 0.2) is 53.0 Å². The van der Waals surface area contributed by atoms with Gasteiger partial charge in [-0.15, -0.1) is 21.5 Å². The third kappa shape index (κ3) is 4.00. The molecule has 0 saturated heterocycles. The first-order valence-electron chi connectivity index (χ1n) is 9.86. The molecule has 4 aromatic rings. The first-order valence-corrected chi connectivity index (χ1v) is 11.7. The zero-order valence-corrected chi connectivity index (χ0v) is 19.1. The number of benzene rings is 2. The number of nitrogens with one attached hydrogen (secondary N) is 1. The SMILES string of the molecule is Cc1scc(-c2nnc(SCC(=O)Nc3cccc4ccccc34)n2C(C)C)c1C. The normalized spacial score (nSPS) is 11.4. The number of aryl methyl sites for hydroxylation is 1. The second-order valence-electron chi connectivity index (χ2n) is 7.46. The van der Waals surface area contributed by atoms with E-state index in [4.69, 9.17) is 0 Å². The molecule has 0 aliphatic heterocycles. The van der Waals surface area contributed by atoms with Crippen LogP contribution in [0.2, 0.25) is 0 Å². The molecule has 2 heterocycles. The van der Waals surface area contributed by atoms with Gasteiger partial charge in [0.25, 0.3) is 0 Å². The average Bonchev–Trinajstić information content (AvgIpc) is 3.30. The molecule has 30 heavy (non-hydrogen) atoms. The molecule has 0 saturated carbocycles. The standard InChI is InChI=1S/C23H24N4OS2/c1-14(2)27-22(19-12-29-16(4)15(19)3)25-26-23(27)30-13-21(28)24-20-11-7-9-17-8-5-6-10-18(17)20/h5-12,14H,13H2,1-4H3,(H,24,28). The fourth-order valence-electron chi connectivity index (χ4n) is 3.41. The first-order chi connectivity index (χ1) is 14.5. The number of thiophene rings is 1. The summed E-state index contributed by atoms with van der Waals surface area (Å²) < 4.78 is 2.12. The van der Waals surface area contributed by atoms with Gasteiger partial charge < -0.3 is 5.32 Å². The first kappa shape index (κ1) is 20.6. The number of carbonyl (C=O) groups excluding carboxylic acids is 1. The van der Waals surface area contributed by atoms with Gasteiger partial charge in [-0.25, -0.2) is 0 Å². The lowest BCUT2D eigenvalue weighted by Gasteiger charge is -2.14. The molecule has 7 heteroatoms. The largest absolute Gasteiger partial charge is 0.325 e. The molecule has 0 fully saturated rings. The van der Waals surface area contributed by atoms with Gasteiger partial charge in [0.15, 0.2) is 11.0 Å². The molecule has 0 aliphatic rings. The summed E-state index contributed by atoms with van der Waals surface area (Å²) in [5.41, 5.74) is 3.18. The topological polar surface area (TPSA) is 59.8 Å². The minimum absolute atomic E-state index is 0.0567. The van der Waals surface area contributed by atoms with Gasteiger partial charge in [-0.05, 0) is 44.7 Å². The van der Waals surface area contributed by atoms with Crippen LogP contribution in [0.25, 0.3) is 22.2 Å². The van der Waals surface area contributed by atoms with Crippen LogP contribution in [0.3, 0.4) is 0 Å². The molecule has 0 bridgehead atoms. The van der Waals surface area contributed by atoms with Crippen molar-refractivity contribution in [1.29, 1.82) is 0 Å². The van der Waals surface area contributed by atoms with Crippen molar-refractivity contribution in [2.75, 3.05) is 11.1 Å². The van der Waals surface area contributed by atoms with Gasteiger partial charge in [0.2, 0.25) is 5.91 Å². The molecule has 1 N–H and O–H groups in total. The second kappa shape index (κ2) is 8.62. The van der Waals surface area contributed by atoms with Gasteiger partial charge in [0, 0.05) is 32.9 Å². The number of nitrogens with zero attached hydrogens (tertiary/aromatic N) is 3. The summed E-state index contributed by atoms with van der Waals surface area (Å²) in [5.74, 6) is 1.08. The Bertz CT molecular complexity index is 1200. The maximum Gasteiger partial charge on any atom is 0.234 e. The molecule has 1 amide bonds. The van der Waals surface area contributed by atoms with E-state index in [1.165, 1.54) is 22.2 Å². The van der Waals surface area contributed by atoms with Gasteiger partial charge in [-0.1, -0.05) is 48.2 Å². The molecule has 0 spiro atoms. The molecule has 0 radical (unpaired) electrons. The Morgan fingerprint density at radius 1 is 1.13 bits per heavy atom. The van der Waals surface area contributed by atoms with Crippen molar-refractivity contribution in [3.63, 3.8) is 0 Å². The average molecular weight is 437 g/mol. The van der Waals surface area contributed by atoms with E-state index >= 15 is 0 Å². The van der Waals surface area contributed by atoms with Crippen LogP contribution in [0.4, 0.5) is 5.69 Å². The van der Waals surface area contributed by atoms with Crippen molar-refractivity contribution in [3.05, 3.63) is 58.3 Å². The molecule has 4 rings (SSSR count). The molecule has 154 valence electrons. The number of hydrogen-bond donors (Lipinski definition) is 1. The maximum absolute atomic E-state index is 12.7. The van der Waals surface area contributed by atoms with E-state index in [1.54, 1.807) is 11.3 Å². The minimum Gasteiger partial charge on any atom is -0.325 e. The third-order valence-electron chi connectivity index (χ3n) is 5.10. The highest BCUT2D eigenvalue weighted by Crippen LogP contribution is 2.33. The maximum atomic E-state index is 12.7. The molecular formula is C23H24N4OS2. The van der Waals surface area contributed by atoms with Gasteiger partial charge in [-0.2, -0.15) is 0 Å². The fourth-order valence-corrected chi connectivity index (χ4v) is 5.14. The minimum atomic E-state index is -0.0567. The summed E-state index contributed by atoms with van der Waals surface area (Å²) >= 11 is 3.14. The Balaban J connectivity index is 1.52. The number of anilines is 1. The number of aromatic nitrogens is 3. The molecule has 2 aromatic carbocycles. The lowest BCUT2D eigenvalue weighted by atomic mass is 10.1. The quantitative estimate of drug-likeness (QED) is 0.372. The van der Waals surface area contributed by atoms with E-state index in [9.17, 15) is 4.79 Å². The summed E-state index contributed by atoms with van der Waals surface area (Å²) in [5, 5.41) is 16.9. The van der Waals surface area contributed by atoms with E-state index < -0.39 is 0 Å². The number of hydrogen-bond acceptors (Lipinski definition) is 5. The zero-order valence-electron chi connectivity index (χ0n) is 17.5. The van der Waals surface area contributed by atoms with Crippen LogP contribution in [0.5, 0.6) is 0 Å². The highest BCUT2D eigenvalue weighted by atomic mass is 32.2. The predicted molar refractivity (Wildman–Crippen MR) is 126 cm³/mol. The fraction of sp³-hybridized carbons (Fsp3) is 0.261. The lowest BCUT2D eigenvalue weighted by molar-refractivity contribution is -0.113. The van der Waals surface area contributed by atoms with Crippen LogP contribution in [0.1, 0.15) is 30.3 Å². The third-order valence-corrected chi connectivity index (χ3v) is 7.06. The Morgan fingerprint density at radius 3 is 2.63 bits per heavy atom. The second-order valence-corrected chi connectivity index (χ2v) is 9.49. The number of carbonyl (C=O) groups is 1. The Kier molecular flexibility index (Phi) is 5.92. The summed E-state index contributed by atoms with van der Waals surface area (Å²) in [6.07, 6.45) is 0. The van der Waals surface area contributed by atoms with Crippen LogP contribution < -0.4 is 5.32 Å². The summed E-state index contributed by atoms with van der Waals surface area (Å²) in [6, 6.07) is 14.2. The van der Waals surface area contributed by atoms with Gasteiger partial charge in [-0.3, -0.25) is 9.36 Å². The molecule has 2 aromatic heterocycles. The number of thioether (sulfide) groups is 1. The van der Waals surface area contributed by atoms with Crippen LogP contribution in [-0.4, -0.2) is 26.4 Å². The number of amides is 1. The highest BCUT2D eigenvalue weighted by molar-refractivity contribution is 7.99. The summed E-state index contributed by atoms with van der Waals surface area (Å²) in [6.45, 7) is 8.46. The smallest absolute Gasteiger partial charge is 0.234 e. The van der Waals surface area contributed by atoms with Crippen LogP contribution in [0, 0.1) is 13.8 Å². The molecule has 0 atom stereocenters. The Labute approximate surface area is 184 Å². The van der Waals surface area contributed by atoms with Crippen molar-refractivity contribution >= 4 is 45.5 Å². The Hall–Kier alpha value is -2.64. The van der Waals surface area contributed by atoms with E-state index in [0.717, 1.165) is 33.0 Å². The van der Waals surface area contributed by atoms with Gasteiger partial charge >= 0.3 is 0 Å². The van der Waals surface area contributed by atoms with Gasteiger partial charge in [0.05, 0.1) is 5.75 Å². The molecular weight excluding hydrogens is 412 g/mol. The van der Waals surface area contributed by atoms with E-state index in [2.05, 4.69) is 53.2 Å². The summed E-state index contributed by atoms with van der Waals surface area (Å²) in [4.78, 5) is 13.9. The van der Waals surface area contributed by atoms with Crippen molar-refractivity contribution in [1.82, 2.24) is 14.8 Å². The van der Waals surface area contributed by atoms with Crippen molar-refractivity contribution in [2.24, 2.45) is 0 Å². The Morgan fingerprint density at radius 2 is 1.90 bits per heavy atom. The number of rotatable bonds is 6.